The Morgan fingerprint density at radius 1 is 1.11 bits per heavy atom. The summed E-state index contributed by atoms with van der Waals surface area (Å²) in [7, 11) is 0. The average molecular weight is 411 g/mol. The van der Waals surface area contributed by atoms with E-state index in [1.54, 1.807) is 4.90 Å². The number of nitrogens with one attached hydrogen (secondary N) is 3. The Labute approximate surface area is 172 Å². The number of carbonyl (C=O) groups excluding carboxylic acids is 3. The fourth-order valence-corrected chi connectivity index (χ4v) is 2.85. The maximum atomic E-state index is 12.5. The van der Waals surface area contributed by atoms with Gasteiger partial charge in [-0.1, -0.05) is 37.3 Å². The van der Waals surface area contributed by atoms with E-state index in [1.807, 2.05) is 37.3 Å². The summed E-state index contributed by atoms with van der Waals surface area (Å²) in [5.74, 6) is -0.129. The highest BCUT2D eigenvalue weighted by Gasteiger charge is 2.20. The van der Waals surface area contributed by atoms with E-state index in [4.69, 9.17) is 11.6 Å². The molecular weight excluding hydrogens is 380 g/mol. The molecule has 0 saturated carbocycles. The largest absolute Gasteiger partial charge is 0.350 e. The fourth-order valence-electron chi connectivity index (χ4n) is 2.76. The Morgan fingerprint density at radius 2 is 1.82 bits per heavy atom. The highest BCUT2D eigenvalue weighted by Crippen LogP contribution is 2.04. The molecule has 0 unspecified atom stereocenters. The Morgan fingerprint density at radius 3 is 2.43 bits per heavy atom. The number of hydrogen-bond donors (Lipinski definition) is 3. The van der Waals surface area contributed by atoms with E-state index in [0.717, 1.165) is 12.0 Å². The monoisotopic (exact) mass is 410 g/mol. The van der Waals surface area contributed by atoms with Crippen LogP contribution in [0.3, 0.4) is 0 Å². The molecule has 0 aliphatic carbocycles. The molecule has 0 heterocycles. The highest BCUT2D eigenvalue weighted by atomic mass is 35.5. The summed E-state index contributed by atoms with van der Waals surface area (Å²) in [6.45, 7) is 5.33. The van der Waals surface area contributed by atoms with Crippen molar-refractivity contribution in [2.75, 3.05) is 25.5 Å². The quantitative estimate of drug-likeness (QED) is 0.461. The zero-order chi connectivity index (χ0) is 20.8. The summed E-state index contributed by atoms with van der Waals surface area (Å²) in [5, 5.41) is 8.31. The number of hydrogen-bond acceptors (Lipinski definition) is 3. The topological polar surface area (TPSA) is 90.5 Å². The first-order valence-electron chi connectivity index (χ1n) is 9.65. The summed E-state index contributed by atoms with van der Waals surface area (Å²) in [6.07, 6.45) is 1.88. The molecule has 0 radical (unpaired) electrons. The molecule has 1 aromatic carbocycles. The number of urea groups is 1. The van der Waals surface area contributed by atoms with Gasteiger partial charge in [0.2, 0.25) is 11.8 Å². The molecule has 28 heavy (non-hydrogen) atoms. The van der Waals surface area contributed by atoms with Gasteiger partial charge in [-0.25, -0.2) is 4.79 Å². The van der Waals surface area contributed by atoms with Gasteiger partial charge in [-0.15, -0.1) is 11.6 Å². The second kappa shape index (κ2) is 13.8. The molecular formula is C20H31ClN4O3. The van der Waals surface area contributed by atoms with Gasteiger partial charge in [-0.05, 0) is 24.8 Å². The number of rotatable bonds is 12. The molecule has 0 aliphatic heterocycles. The molecule has 4 amide bonds. The second-order valence-electron chi connectivity index (χ2n) is 6.51. The molecule has 1 aromatic rings. The van der Waals surface area contributed by atoms with Gasteiger partial charge in [0, 0.05) is 39.0 Å². The number of benzene rings is 1. The fraction of sp³-hybridized carbons (Fsp3) is 0.550. The van der Waals surface area contributed by atoms with E-state index in [9.17, 15) is 14.4 Å². The number of carbonyl (C=O) groups is 3. The van der Waals surface area contributed by atoms with Crippen molar-refractivity contribution in [1.29, 1.82) is 0 Å². The summed E-state index contributed by atoms with van der Waals surface area (Å²) >= 11 is 5.61. The van der Waals surface area contributed by atoms with Gasteiger partial charge >= 0.3 is 6.03 Å². The molecule has 0 spiro atoms. The van der Waals surface area contributed by atoms with Crippen LogP contribution in [-0.2, 0) is 16.1 Å². The van der Waals surface area contributed by atoms with Gasteiger partial charge < -0.3 is 20.9 Å². The molecule has 0 bridgehead atoms. The van der Waals surface area contributed by atoms with Crippen LogP contribution in [0.1, 0.15) is 38.7 Å². The van der Waals surface area contributed by atoms with Crippen molar-refractivity contribution in [3.8, 4) is 0 Å². The van der Waals surface area contributed by atoms with E-state index in [1.165, 1.54) is 6.92 Å². The van der Waals surface area contributed by atoms with E-state index in [0.29, 0.717) is 44.9 Å². The van der Waals surface area contributed by atoms with Gasteiger partial charge in [-0.2, -0.15) is 0 Å². The van der Waals surface area contributed by atoms with Crippen LogP contribution >= 0.6 is 11.6 Å². The molecule has 0 aromatic heterocycles. The Balaban J connectivity index is 2.55. The molecule has 8 heteroatoms. The Kier molecular flexibility index (Phi) is 11.7. The summed E-state index contributed by atoms with van der Waals surface area (Å²) in [5.41, 5.74) is 0.988. The highest BCUT2D eigenvalue weighted by molar-refractivity contribution is 6.18. The minimum Gasteiger partial charge on any atom is -0.350 e. The van der Waals surface area contributed by atoms with Crippen LogP contribution < -0.4 is 16.0 Å². The summed E-state index contributed by atoms with van der Waals surface area (Å²) in [6, 6.07) is 8.79. The lowest BCUT2D eigenvalue weighted by molar-refractivity contribution is -0.128. The van der Waals surface area contributed by atoms with Crippen LogP contribution in [0.5, 0.6) is 0 Å². The zero-order valence-electron chi connectivity index (χ0n) is 16.7. The van der Waals surface area contributed by atoms with Crippen molar-refractivity contribution < 1.29 is 14.4 Å². The first-order valence-corrected chi connectivity index (χ1v) is 10.2. The van der Waals surface area contributed by atoms with E-state index in [-0.39, 0.29) is 17.8 Å². The molecule has 156 valence electrons. The first kappa shape index (κ1) is 23.8. The molecule has 1 atom stereocenters. The van der Waals surface area contributed by atoms with Gasteiger partial charge in [0.25, 0.3) is 0 Å². The molecule has 7 nitrogen and oxygen atoms in total. The van der Waals surface area contributed by atoms with Crippen LogP contribution in [0.25, 0.3) is 0 Å². The van der Waals surface area contributed by atoms with Gasteiger partial charge in [0.05, 0.1) is 0 Å². The number of amides is 4. The van der Waals surface area contributed by atoms with Crippen molar-refractivity contribution in [3.05, 3.63) is 35.9 Å². The normalized spacial score (nSPS) is 11.4. The van der Waals surface area contributed by atoms with Crippen LogP contribution in [0, 0.1) is 0 Å². The standard InChI is InChI=1S/C20H31ClN4O3/c1-3-13-25(20(28)22-12-11-21)14-7-10-18(24-16(2)26)19(27)23-15-17-8-5-4-6-9-17/h4-6,8-9,18H,3,7,10-15H2,1-2H3,(H,22,28)(H,23,27)(H,24,26)/t18-/m0/s1. The van der Waals surface area contributed by atoms with Crippen molar-refractivity contribution in [2.24, 2.45) is 0 Å². The Bertz CT molecular complexity index is 613. The van der Waals surface area contributed by atoms with Crippen LogP contribution in [-0.4, -0.2) is 54.3 Å². The molecule has 0 saturated heterocycles. The number of alkyl halides is 1. The van der Waals surface area contributed by atoms with Crippen LogP contribution in [0.2, 0.25) is 0 Å². The van der Waals surface area contributed by atoms with Gasteiger partial charge in [0.15, 0.2) is 0 Å². The molecule has 1 rings (SSSR count). The van der Waals surface area contributed by atoms with Crippen LogP contribution in [0.4, 0.5) is 4.79 Å². The number of halogens is 1. The lowest BCUT2D eigenvalue weighted by Crippen LogP contribution is -2.46. The van der Waals surface area contributed by atoms with Crippen molar-refractivity contribution >= 4 is 29.4 Å². The van der Waals surface area contributed by atoms with E-state index >= 15 is 0 Å². The maximum absolute atomic E-state index is 12.5. The lowest BCUT2D eigenvalue weighted by atomic mass is 10.1. The molecule has 0 fully saturated rings. The minimum absolute atomic E-state index is 0.160. The predicted octanol–water partition coefficient (Wildman–Crippen LogP) is 2.25. The van der Waals surface area contributed by atoms with Gasteiger partial charge in [0.1, 0.15) is 6.04 Å². The smallest absolute Gasteiger partial charge is 0.317 e. The van der Waals surface area contributed by atoms with Crippen molar-refractivity contribution in [2.45, 2.75) is 45.7 Å². The van der Waals surface area contributed by atoms with Crippen molar-refractivity contribution in [3.63, 3.8) is 0 Å². The first-order chi connectivity index (χ1) is 13.5. The predicted molar refractivity (Wildman–Crippen MR) is 111 cm³/mol. The molecule has 0 aliphatic rings. The third-order valence-electron chi connectivity index (χ3n) is 4.08. The third kappa shape index (κ3) is 9.60. The van der Waals surface area contributed by atoms with Crippen LogP contribution in [0.15, 0.2) is 30.3 Å². The third-order valence-corrected chi connectivity index (χ3v) is 4.26. The zero-order valence-corrected chi connectivity index (χ0v) is 17.4. The van der Waals surface area contributed by atoms with Gasteiger partial charge in [-0.3, -0.25) is 9.59 Å². The second-order valence-corrected chi connectivity index (χ2v) is 6.88. The number of nitrogens with zero attached hydrogens (tertiary/aromatic N) is 1. The average Bonchev–Trinajstić information content (AvgIpc) is 2.69. The Hall–Kier alpha value is -2.28. The minimum atomic E-state index is -0.629. The van der Waals surface area contributed by atoms with Crippen molar-refractivity contribution in [1.82, 2.24) is 20.9 Å². The lowest BCUT2D eigenvalue weighted by Gasteiger charge is -2.24. The summed E-state index contributed by atoms with van der Waals surface area (Å²) in [4.78, 5) is 37.8. The molecule has 3 N–H and O–H groups in total. The van der Waals surface area contributed by atoms with E-state index < -0.39 is 6.04 Å². The summed E-state index contributed by atoms with van der Waals surface area (Å²) < 4.78 is 0. The maximum Gasteiger partial charge on any atom is 0.317 e. The SMILES string of the molecule is CCCN(CCC[C@H](NC(C)=O)C(=O)NCc1ccccc1)C(=O)NCCCl. The van der Waals surface area contributed by atoms with E-state index in [2.05, 4.69) is 16.0 Å².